The molecule has 0 spiro atoms. The molecular weight excluding hydrogens is 254 g/mol. The molecule has 0 aromatic carbocycles. The molecule has 0 N–H and O–H groups in total. The van der Waals surface area contributed by atoms with Crippen LogP contribution in [0, 0.1) is 5.92 Å². The van der Waals surface area contributed by atoms with Crippen molar-refractivity contribution >= 4 is 17.2 Å². The summed E-state index contributed by atoms with van der Waals surface area (Å²) < 4.78 is 0. The van der Waals surface area contributed by atoms with Crippen LogP contribution in [0.2, 0.25) is 0 Å². The van der Waals surface area contributed by atoms with Crippen molar-refractivity contribution in [1.29, 1.82) is 0 Å². The second-order valence-corrected chi connectivity index (χ2v) is 6.66. The van der Waals surface area contributed by atoms with Gasteiger partial charge in [0.1, 0.15) is 0 Å². The van der Waals surface area contributed by atoms with Crippen molar-refractivity contribution in [2.75, 3.05) is 13.1 Å². The van der Waals surface area contributed by atoms with Crippen LogP contribution in [0.5, 0.6) is 0 Å². The number of thiophene rings is 1. The topological polar surface area (TPSA) is 20.3 Å². The van der Waals surface area contributed by atoms with Crippen molar-refractivity contribution in [2.45, 2.75) is 52.9 Å². The molecule has 1 atom stereocenters. The molecule has 2 rings (SSSR count). The van der Waals surface area contributed by atoms with E-state index in [-0.39, 0.29) is 5.91 Å². The summed E-state index contributed by atoms with van der Waals surface area (Å²) in [7, 11) is 0. The number of rotatable bonds is 5. The molecule has 1 aliphatic rings. The molecule has 0 radical (unpaired) electrons. The van der Waals surface area contributed by atoms with Crippen LogP contribution in [0.25, 0.3) is 0 Å². The number of nitrogens with zero attached hydrogens (tertiary/aromatic N) is 1. The van der Waals surface area contributed by atoms with Gasteiger partial charge in [-0.15, -0.1) is 11.3 Å². The number of hydrogen-bond donors (Lipinski definition) is 0. The zero-order valence-corrected chi connectivity index (χ0v) is 13.2. The number of hydrogen-bond acceptors (Lipinski definition) is 2. The van der Waals surface area contributed by atoms with Crippen molar-refractivity contribution in [2.24, 2.45) is 5.92 Å². The highest BCUT2D eigenvalue weighted by Gasteiger charge is 2.25. The Balaban J connectivity index is 2.19. The quantitative estimate of drug-likeness (QED) is 0.793. The Morgan fingerprint density at radius 3 is 2.68 bits per heavy atom. The molecule has 106 valence electrons. The van der Waals surface area contributed by atoms with Crippen LogP contribution in [0.3, 0.4) is 0 Å². The van der Waals surface area contributed by atoms with Crippen LogP contribution in [0.4, 0.5) is 0 Å². The van der Waals surface area contributed by atoms with E-state index >= 15 is 0 Å². The van der Waals surface area contributed by atoms with Crippen LogP contribution in [0.1, 0.15) is 60.8 Å². The second-order valence-electron chi connectivity index (χ2n) is 5.69. The zero-order chi connectivity index (χ0) is 13.8. The van der Waals surface area contributed by atoms with E-state index in [0.29, 0.717) is 0 Å². The Bertz CT molecular complexity index is 432. The van der Waals surface area contributed by atoms with Crippen molar-refractivity contribution in [3.63, 3.8) is 0 Å². The summed E-state index contributed by atoms with van der Waals surface area (Å²) in [4.78, 5) is 16.2. The molecule has 2 nitrogen and oxygen atoms in total. The minimum absolute atomic E-state index is 0.260. The van der Waals surface area contributed by atoms with E-state index in [2.05, 4.69) is 26.2 Å². The van der Waals surface area contributed by atoms with E-state index in [1.165, 1.54) is 16.9 Å². The van der Waals surface area contributed by atoms with E-state index in [9.17, 15) is 4.79 Å². The molecule has 1 aromatic rings. The molecular formula is C16H25NOS. The van der Waals surface area contributed by atoms with Gasteiger partial charge < -0.3 is 4.90 Å². The molecule has 0 aliphatic heterocycles. The molecule has 1 aromatic heterocycles. The van der Waals surface area contributed by atoms with Crippen LogP contribution >= 0.6 is 11.3 Å². The van der Waals surface area contributed by atoms with E-state index in [4.69, 9.17) is 0 Å². The van der Waals surface area contributed by atoms with Gasteiger partial charge in [0.2, 0.25) is 0 Å². The third-order valence-corrected chi connectivity index (χ3v) is 4.96. The number of carbonyl (C=O) groups is 1. The molecule has 1 aliphatic carbocycles. The zero-order valence-electron chi connectivity index (χ0n) is 12.4. The smallest absolute Gasteiger partial charge is 0.254 e. The standard InChI is InChI=1S/C16H25NOS/c1-4-8-17(9-5-2)16(18)14-11-19-15-10-12(3)6-7-13(14)15/h11-12H,4-10H2,1-3H3. The Morgan fingerprint density at radius 2 is 2.05 bits per heavy atom. The molecule has 0 fully saturated rings. The first kappa shape index (κ1) is 14.6. The highest BCUT2D eigenvalue weighted by Crippen LogP contribution is 2.33. The lowest BCUT2D eigenvalue weighted by atomic mass is 9.88. The van der Waals surface area contributed by atoms with Gasteiger partial charge in [-0.3, -0.25) is 4.79 Å². The number of carbonyl (C=O) groups excluding carboxylic acids is 1. The lowest BCUT2D eigenvalue weighted by molar-refractivity contribution is 0.0754. The summed E-state index contributed by atoms with van der Waals surface area (Å²) in [5.74, 6) is 1.03. The maximum Gasteiger partial charge on any atom is 0.254 e. The third kappa shape index (κ3) is 3.19. The average Bonchev–Trinajstić information content (AvgIpc) is 2.80. The lowest BCUT2D eigenvalue weighted by Crippen LogP contribution is -2.33. The highest BCUT2D eigenvalue weighted by atomic mass is 32.1. The van der Waals surface area contributed by atoms with Crippen molar-refractivity contribution < 1.29 is 4.79 Å². The first-order chi connectivity index (χ1) is 9.17. The summed E-state index contributed by atoms with van der Waals surface area (Å²) in [5.41, 5.74) is 2.35. The van der Waals surface area contributed by atoms with E-state index in [0.717, 1.165) is 50.3 Å². The maximum atomic E-state index is 12.7. The van der Waals surface area contributed by atoms with Crippen LogP contribution in [0.15, 0.2) is 5.38 Å². The Morgan fingerprint density at radius 1 is 1.37 bits per heavy atom. The summed E-state index contributed by atoms with van der Waals surface area (Å²) in [6.07, 6.45) is 5.55. The second kappa shape index (κ2) is 6.56. The molecule has 1 amide bonds. The van der Waals surface area contributed by atoms with Gasteiger partial charge in [0.05, 0.1) is 5.56 Å². The number of fused-ring (bicyclic) bond motifs is 1. The monoisotopic (exact) mass is 279 g/mol. The predicted octanol–water partition coefficient (Wildman–Crippen LogP) is 4.14. The SMILES string of the molecule is CCCN(CCC)C(=O)c1csc2c1CCC(C)C2. The summed E-state index contributed by atoms with van der Waals surface area (Å²) in [6, 6.07) is 0. The van der Waals surface area contributed by atoms with Gasteiger partial charge in [0.25, 0.3) is 5.91 Å². The predicted molar refractivity (Wildman–Crippen MR) is 82.0 cm³/mol. The molecule has 19 heavy (non-hydrogen) atoms. The van der Waals surface area contributed by atoms with Crippen molar-refractivity contribution in [1.82, 2.24) is 4.90 Å². The van der Waals surface area contributed by atoms with Gasteiger partial charge in [0.15, 0.2) is 0 Å². The summed E-state index contributed by atoms with van der Waals surface area (Å²) in [5, 5.41) is 2.10. The fourth-order valence-electron chi connectivity index (χ4n) is 2.88. The normalized spacial score (nSPS) is 18.2. The lowest BCUT2D eigenvalue weighted by Gasteiger charge is -2.23. The number of amides is 1. The molecule has 0 saturated heterocycles. The maximum absolute atomic E-state index is 12.7. The van der Waals surface area contributed by atoms with Gasteiger partial charge in [-0.25, -0.2) is 0 Å². The van der Waals surface area contributed by atoms with Crippen molar-refractivity contribution in [3.8, 4) is 0 Å². The van der Waals surface area contributed by atoms with Gasteiger partial charge in [-0.05, 0) is 43.6 Å². The fraction of sp³-hybridized carbons (Fsp3) is 0.688. The molecule has 3 heteroatoms. The van der Waals surface area contributed by atoms with Gasteiger partial charge in [0, 0.05) is 23.3 Å². The van der Waals surface area contributed by atoms with E-state index in [1.54, 1.807) is 11.3 Å². The fourth-order valence-corrected chi connectivity index (χ4v) is 4.12. The van der Waals surface area contributed by atoms with Gasteiger partial charge in [-0.1, -0.05) is 20.8 Å². The minimum atomic E-state index is 0.260. The third-order valence-electron chi connectivity index (χ3n) is 3.91. The molecule has 0 saturated carbocycles. The Labute approximate surface area is 120 Å². The van der Waals surface area contributed by atoms with Crippen LogP contribution < -0.4 is 0 Å². The van der Waals surface area contributed by atoms with Crippen LogP contribution in [-0.4, -0.2) is 23.9 Å². The molecule has 0 bridgehead atoms. The first-order valence-corrected chi connectivity index (χ1v) is 8.43. The largest absolute Gasteiger partial charge is 0.339 e. The van der Waals surface area contributed by atoms with Gasteiger partial charge >= 0.3 is 0 Å². The Hall–Kier alpha value is -0.830. The summed E-state index contributed by atoms with van der Waals surface area (Å²) >= 11 is 1.79. The molecule has 1 unspecified atom stereocenters. The molecule has 1 heterocycles. The minimum Gasteiger partial charge on any atom is -0.339 e. The average molecular weight is 279 g/mol. The van der Waals surface area contributed by atoms with E-state index in [1.807, 2.05) is 4.90 Å². The van der Waals surface area contributed by atoms with Crippen molar-refractivity contribution in [3.05, 3.63) is 21.4 Å². The van der Waals surface area contributed by atoms with Crippen LogP contribution in [-0.2, 0) is 12.8 Å². The highest BCUT2D eigenvalue weighted by molar-refractivity contribution is 7.10. The van der Waals surface area contributed by atoms with E-state index < -0.39 is 0 Å². The first-order valence-electron chi connectivity index (χ1n) is 7.55. The van der Waals surface area contributed by atoms with Gasteiger partial charge in [-0.2, -0.15) is 0 Å². The summed E-state index contributed by atoms with van der Waals surface area (Å²) in [6.45, 7) is 8.35. The Kier molecular flexibility index (Phi) is 5.03.